The van der Waals surface area contributed by atoms with Crippen LogP contribution in [0.1, 0.15) is 29.3 Å². The van der Waals surface area contributed by atoms with Crippen molar-refractivity contribution >= 4 is 39.1 Å². The molecule has 0 saturated heterocycles. The molecule has 0 spiro atoms. The highest BCUT2D eigenvalue weighted by Crippen LogP contribution is 2.25. The van der Waals surface area contributed by atoms with Gasteiger partial charge in [0.1, 0.15) is 5.75 Å². The Balaban J connectivity index is 1.96. The maximum atomic E-state index is 12.2. The second-order valence-corrected chi connectivity index (χ2v) is 6.55. The van der Waals surface area contributed by atoms with Crippen molar-refractivity contribution in [3.8, 4) is 5.75 Å². The van der Waals surface area contributed by atoms with Crippen LogP contribution in [0, 0.1) is 6.92 Å². The van der Waals surface area contributed by atoms with E-state index in [0.29, 0.717) is 27.2 Å². The lowest BCUT2D eigenvalue weighted by Gasteiger charge is -2.11. The fourth-order valence-electron chi connectivity index (χ4n) is 2.24. The van der Waals surface area contributed by atoms with Gasteiger partial charge in [0.25, 0.3) is 5.91 Å². The number of benzene rings is 2. The predicted octanol–water partition coefficient (Wildman–Crippen LogP) is 3.90. The second-order valence-electron chi connectivity index (χ2n) is 5.70. The van der Waals surface area contributed by atoms with Gasteiger partial charge in [0, 0.05) is 10.2 Å². The van der Waals surface area contributed by atoms with E-state index >= 15 is 0 Å². The lowest BCUT2D eigenvalue weighted by molar-refractivity contribution is -0.115. The van der Waals surface area contributed by atoms with Gasteiger partial charge in [0.05, 0.1) is 24.8 Å². The Morgan fingerprint density at radius 2 is 1.92 bits per heavy atom. The molecule has 0 unspecified atom stereocenters. The number of rotatable bonds is 6. The van der Waals surface area contributed by atoms with Gasteiger partial charge in [0.2, 0.25) is 5.91 Å². The average molecular weight is 418 g/mol. The Morgan fingerprint density at radius 3 is 2.62 bits per heavy atom. The van der Waals surface area contributed by atoms with Crippen LogP contribution in [0.5, 0.6) is 5.75 Å². The van der Waals surface area contributed by atoms with Crippen molar-refractivity contribution in [2.24, 2.45) is 5.10 Å². The molecule has 0 heterocycles. The first-order valence-electron chi connectivity index (χ1n) is 7.93. The molecule has 0 aliphatic rings. The Bertz CT molecular complexity index is 850. The van der Waals surface area contributed by atoms with Crippen LogP contribution in [0.2, 0.25) is 0 Å². The summed E-state index contributed by atoms with van der Waals surface area (Å²) in [7, 11) is 1.55. The SMILES string of the molecule is COc1ccc(C)cc1NC(=O)C/C(C)=N\NC(=O)c1ccccc1Br. The number of halogens is 1. The number of hydrogen-bond donors (Lipinski definition) is 2. The molecule has 136 valence electrons. The Labute approximate surface area is 160 Å². The highest BCUT2D eigenvalue weighted by molar-refractivity contribution is 9.10. The highest BCUT2D eigenvalue weighted by Gasteiger charge is 2.11. The van der Waals surface area contributed by atoms with E-state index in [0.717, 1.165) is 5.56 Å². The van der Waals surface area contributed by atoms with E-state index < -0.39 is 0 Å². The molecule has 26 heavy (non-hydrogen) atoms. The van der Waals surface area contributed by atoms with Gasteiger partial charge in [-0.1, -0.05) is 18.2 Å². The van der Waals surface area contributed by atoms with Gasteiger partial charge in [-0.05, 0) is 59.6 Å². The molecule has 2 amide bonds. The monoisotopic (exact) mass is 417 g/mol. The quantitative estimate of drug-likeness (QED) is 0.552. The third kappa shape index (κ3) is 5.42. The van der Waals surface area contributed by atoms with Gasteiger partial charge < -0.3 is 10.1 Å². The molecular formula is C19H20BrN3O3. The van der Waals surface area contributed by atoms with E-state index in [4.69, 9.17) is 4.74 Å². The summed E-state index contributed by atoms with van der Waals surface area (Å²) in [6, 6.07) is 12.6. The van der Waals surface area contributed by atoms with Crippen LogP contribution in [0.3, 0.4) is 0 Å². The van der Waals surface area contributed by atoms with Crippen molar-refractivity contribution < 1.29 is 14.3 Å². The molecule has 0 saturated carbocycles. The number of nitrogens with zero attached hydrogens (tertiary/aromatic N) is 1. The molecule has 2 N–H and O–H groups in total. The van der Waals surface area contributed by atoms with E-state index in [9.17, 15) is 9.59 Å². The largest absolute Gasteiger partial charge is 0.495 e. The van der Waals surface area contributed by atoms with E-state index in [1.165, 1.54) is 0 Å². The van der Waals surface area contributed by atoms with E-state index in [1.807, 2.05) is 25.1 Å². The summed E-state index contributed by atoms with van der Waals surface area (Å²) >= 11 is 3.32. The summed E-state index contributed by atoms with van der Waals surface area (Å²) in [6.07, 6.45) is 0.0489. The number of hydrazone groups is 1. The predicted molar refractivity (Wildman–Crippen MR) is 106 cm³/mol. The van der Waals surface area contributed by atoms with Crippen LogP contribution in [0.15, 0.2) is 52.0 Å². The zero-order valence-corrected chi connectivity index (χ0v) is 16.4. The Morgan fingerprint density at radius 1 is 1.19 bits per heavy atom. The van der Waals surface area contributed by atoms with E-state index in [1.54, 1.807) is 38.3 Å². The van der Waals surface area contributed by atoms with Crippen molar-refractivity contribution in [3.63, 3.8) is 0 Å². The molecule has 2 aromatic rings. The number of methoxy groups -OCH3 is 1. The fraction of sp³-hybridized carbons (Fsp3) is 0.211. The lowest BCUT2D eigenvalue weighted by Crippen LogP contribution is -2.22. The molecule has 7 heteroatoms. The van der Waals surface area contributed by atoms with Crippen LogP contribution in [-0.4, -0.2) is 24.6 Å². The molecular weight excluding hydrogens is 398 g/mol. The first-order valence-corrected chi connectivity index (χ1v) is 8.72. The van der Waals surface area contributed by atoms with Crippen LogP contribution in [0.25, 0.3) is 0 Å². The molecule has 0 aliphatic heterocycles. The number of ether oxygens (including phenoxy) is 1. The summed E-state index contributed by atoms with van der Waals surface area (Å²) in [4.78, 5) is 24.3. The zero-order chi connectivity index (χ0) is 19.1. The maximum absolute atomic E-state index is 12.2. The number of nitrogens with one attached hydrogen (secondary N) is 2. The normalized spacial score (nSPS) is 11.0. The summed E-state index contributed by atoms with van der Waals surface area (Å²) in [5, 5.41) is 6.78. The second kappa shape index (κ2) is 9.15. The summed E-state index contributed by atoms with van der Waals surface area (Å²) in [5.74, 6) is -0.0105. The summed E-state index contributed by atoms with van der Waals surface area (Å²) in [5.41, 5.74) is 5.01. The van der Waals surface area contributed by atoms with E-state index in [-0.39, 0.29) is 18.2 Å². The van der Waals surface area contributed by atoms with Gasteiger partial charge >= 0.3 is 0 Å². The summed E-state index contributed by atoms with van der Waals surface area (Å²) < 4.78 is 5.91. The van der Waals surface area contributed by atoms with Crippen molar-refractivity contribution in [1.82, 2.24) is 5.43 Å². The number of amides is 2. The Kier molecular flexibility index (Phi) is 6.91. The lowest BCUT2D eigenvalue weighted by atomic mass is 10.2. The van der Waals surface area contributed by atoms with Gasteiger partial charge in [-0.3, -0.25) is 9.59 Å². The third-order valence-electron chi connectivity index (χ3n) is 3.51. The van der Waals surface area contributed by atoms with Crippen LogP contribution < -0.4 is 15.5 Å². The number of carbonyl (C=O) groups excluding carboxylic acids is 2. The van der Waals surface area contributed by atoms with E-state index in [2.05, 4.69) is 31.8 Å². The minimum atomic E-state index is -0.349. The van der Waals surface area contributed by atoms with Crippen molar-refractivity contribution in [2.75, 3.05) is 12.4 Å². The number of anilines is 1. The smallest absolute Gasteiger partial charge is 0.272 e. The number of aryl methyl sites for hydroxylation is 1. The van der Waals surface area contributed by atoms with Crippen LogP contribution >= 0.6 is 15.9 Å². The molecule has 0 atom stereocenters. The molecule has 0 bridgehead atoms. The van der Waals surface area contributed by atoms with Crippen LogP contribution in [-0.2, 0) is 4.79 Å². The average Bonchev–Trinajstić information content (AvgIpc) is 2.60. The Hall–Kier alpha value is -2.67. The minimum Gasteiger partial charge on any atom is -0.495 e. The minimum absolute atomic E-state index is 0.0489. The van der Waals surface area contributed by atoms with Crippen molar-refractivity contribution in [1.29, 1.82) is 0 Å². The third-order valence-corrected chi connectivity index (χ3v) is 4.20. The fourth-order valence-corrected chi connectivity index (χ4v) is 2.70. The van der Waals surface area contributed by atoms with Gasteiger partial charge in [-0.25, -0.2) is 5.43 Å². The zero-order valence-electron chi connectivity index (χ0n) is 14.8. The summed E-state index contributed by atoms with van der Waals surface area (Å²) in [6.45, 7) is 3.60. The molecule has 0 aromatic heterocycles. The van der Waals surface area contributed by atoms with Crippen molar-refractivity contribution in [3.05, 3.63) is 58.1 Å². The first kappa shape index (κ1) is 19.7. The topological polar surface area (TPSA) is 79.8 Å². The van der Waals surface area contributed by atoms with Gasteiger partial charge in [-0.2, -0.15) is 5.10 Å². The number of hydrogen-bond acceptors (Lipinski definition) is 4. The number of carbonyl (C=O) groups is 2. The van der Waals surface area contributed by atoms with Gasteiger partial charge in [-0.15, -0.1) is 0 Å². The molecule has 0 radical (unpaired) electrons. The standard InChI is InChI=1S/C19H20BrN3O3/c1-12-8-9-17(26-3)16(10-12)21-18(24)11-13(2)22-23-19(25)14-6-4-5-7-15(14)20/h4-10H,11H2,1-3H3,(H,21,24)(H,23,25)/b22-13-. The first-order chi connectivity index (χ1) is 12.4. The molecule has 0 fully saturated rings. The molecule has 0 aliphatic carbocycles. The van der Waals surface area contributed by atoms with Crippen LogP contribution in [0.4, 0.5) is 5.69 Å². The molecule has 6 nitrogen and oxygen atoms in total. The van der Waals surface area contributed by atoms with Crippen molar-refractivity contribution in [2.45, 2.75) is 20.3 Å². The molecule has 2 rings (SSSR count). The highest BCUT2D eigenvalue weighted by atomic mass is 79.9. The maximum Gasteiger partial charge on any atom is 0.272 e. The van der Waals surface area contributed by atoms with Gasteiger partial charge in [0.15, 0.2) is 0 Å². The molecule has 2 aromatic carbocycles.